The molecule has 0 saturated carbocycles. The van der Waals surface area contributed by atoms with Crippen LogP contribution in [0, 0.1) is 0 Å². The molecule has 27 heavy (non-hydrogen) atoms. The second kappa shape index (κ2) is 7.71. The number of likely N-dealkylation sites (N-methyl/N-ethyl adjacent to an activating group) is 1. The zero-order valence-electron chi connectivity index (χ0n) is 15.9. The van der Waals surface area contributed by atoms with Gasteiger partial charge in [0.1, 0.15) is 12.4 Å². The maximum atomic E-state index is 13.6. The van der Waals surface area contributed by atoms with Crippen molar-refractivity contribution in [1.29, 1.82) is 0 Å². The molecule has 2 aliphatic heterocycles. The van der Waals surface area contributed by atoms with Crippen molar-refractivity contribution < 1.29 is 14.3 Å². The van der Waals surface area contributed by atoms with Crippen LogP contribution in [0.3, 0.4) is 0 Å². The fraction of sp³-hybridized carbons (Fsp3) is 0.409. The van der Waals surface area contributed by atoms with Gasteiger partial charge in [0.15, 0.2) is 6.10 Å². The summed E-state index contributed by atoms with van der Waals surface area (Å²) in [5.41, 5.74) is 3.24. The summed E-state index contributed by atoms with van der Waals surface area (Å²) in [4.78, 5) is 17.6. The van der Waals surface area contributed by atoms with Gasteiger partial charge in [-0.1, -0.05) is 42.5 Å². The van der Waals surface area contributed by atoms with Gasteiger partial charge in [0.2, 0.25) is 0 Å². The van der Waals surface area contributed by atoms with Crippen LogP contribution in [0.15, 0.2) is 48.5 Å². The molecule has 0 spiro atoms. The number of carbonyl (C=O) groups excluding carboxylic acids is 1. The van der Waals surface area contributed by atoms with Crippen LogP contribution in [0.5, 0.6) is 5.75 Å². The Hall–Kier alpha value is -2.37. The van der Waals surface area contributed by atoms with Crippen LogP contribution in [-0.2, 0) is 22.5 Å². The van der Waals surface area contributed by atoms with E-state index in [0.29, 0.717) is 19.8 Å². The fourth-order valence-corrected chi connectivity index (χ4v) is 3.94. The minimum Gasteiger partial charge on any atom is -0.491 e. The van der Waals surface area contributed by atoms with Crippen molar-refractivity contribution in [2.24, 2.45) is 0 Å². The topological polar surface area (TPSA) is 42.0 Å². The second-order valence-corrected chi connectivity index (χ2v) is 7.50. The molecule has 0 aliphatic carbocycles. The minimum absolute atomic E-state index is 0.0225. The predicted octanol–water partition coefficient (Wildman–Crippen LogP) is 2.65. The van der Waals surface area contributed by atoms with Gasteiger partial charge in [-0.05, 0) is 37.7 Å². The molecule has 2 aliphatic rings. The van der Waals surface area contributed by atoms with Crippen molar-refractivity contribution in [2.75, 3.05) is 33.9 Å². The average Bonchev–Trinajstić information content (AvgIpc) is 2.86. The van der Waals surface area contributed by atoms with Gasteiger partial charge in [-0.3, -0.25) is 4.79 Å². The van der Waals surface area contributed by atoms with Crippen LogP contribution < -0.4 is 4.74 Å². The maximum Gasteiger partial charge on any atom is 0.257 e. The second-order valence-electron chi connectivity index (χ2n) is 7.50. The lowest BCUT2D eigenvalue weighted by Gasteiger charge is -2.35. The van der Waals surface area contributed by atoms with E-state index in [4.69, 9.17) is 9.47 Å². The van der Waals surface area contributed by atoms with Crippen LogP contribution in [0.2, 0.25) is 0 Å². The third-order valence-electron chi connectivity index (χ3n) is 5.26. The van der Waals surface area contributed by atoms with Crippen molar-refractivity contribution in [3.8, 4) is 5.75 Å². The lowest BCUT2D eigenvalue weighted by molar-refractivity contribution is -0.149. The summed E-state index contributed by atoms with van der Waals surface area (Å²) in [6.45, 7) is 2.34. The SMILES string of the molecule is CN(C)C[C@H]1COc2ccccc2CN1C(=O)[C@@H]1OCCc2ccccc21. The number of benzene rings is 2. The van der Waals surface area contributed by atoms with Gasteiger partial charge >= 0.3 is 0 Å². The average molecular weight is 366 g/mol. The lowest BCUT2D eigenvalue weighted by atomic mass is 9.96. The van der Waals surface area contributed by atoms with E-state index in [2.05, 4.69) is 11.0 Å². The van der Waals surface area contributed by atoms with E-state index in [1.807, 2.05) is 61.5 Å². The summed E-state index contributed by atoms with van der Waals surface area (Å²) in [5, 5.41) is 0. The van der Waals surface area contributed by atoms with E-state index in [0.717, 1.165) is 29.8 Å². The molecule has 0 radical (unpaired) electrons. The zero-order valence-corrected chi connectivity index (χ0v) is 15.9. The van der Waals surface area contributed by atoms with Gasteiger partial charge < -0.3 is 19.3 Å². The first-order valence-electron chi connectivity index (χ1n) is 9.49. The largest absolute Gasteiger partial charge is 0.491 e. The number of fused-ring (bicyclic) bond motifs is 2. The Morgan fingerprint density at radius 3 is 2.67 bits per heavy atom. The number of amides is 1. The number of nitrogens with zero attached hydrogens (tertiary/aromatic N) is 2. The number of para-hydroxylation sites is 1. The summed E-state index contributed by atoms with van der Waals surface area (Å²) in [7, 11) is 4.04. The third kappa shape index (κ3) is 3.70. The van der Waals surface area contributed by atoms with E-state index in [-0.39, 0.29) is 11.9 Å². The fourth-order valence-electron chi connectivity index (χ4n) is 3.94. The van der Waals surface area contributed by atoms with Gasteiger partial charge in [0, 0.05) is 18.7 Å². The Bertz CT molecular complexity index is 821. The first-order chi connectivity index (χ1) is 13.1. The number of hydrogen-bond donors (Lipinski definition) is 0. The molecule has 0 N–H and O–H groups in total. The monoisotopic (exact) mass is 366 g/mol. The molecule has 142 valence electrons. The molecule has 5 heteroatoms. The normalized spacial score (nSPS) is 21.8. The molecule has 2 aromatic carbocycles. The minimum atomic E-state index is -0.537. The van der Waals surface area contributed by atoms with Crippen molar-refractivity contribution in [3.63, 3.8) is 0 Å². The van der Waals surface area contributed by atoms with Crippen LogP contribution in [0.1, 0.15) is 22.8 Å². The van der Waals surface area contributed by atoms with Crippen LogP contribution in [0.4, 0.5) is 0 Å². The quantitative estimate of drug-likeness (QED) is 0.838. The van der Waals surface area contributed by atoms with Crippen LogP contribution >= 0.6 is 0 Å². The van der Waals surface area contributed by atoms with Crippen LogP contribution in [-0.4, -0.2) is 55.6 Å². The molecule has 2 heterocycles. The Balaban J connectivity index is 1.67. The highest BCUT2D eigenvalue weighted by molar-refractivity contribution is 5.83. The van der Waals surface area contributed by atoms with Gasteiger partial charge in [-0.15, -0.1) is 0 Å². The molecular formula is C22H26N2O3. The predicted molar refractivity (Wildman–Crippen MR) is 104 cm³/mol. The molecule has 4 rings (SSSR count). The molecule has 0 fully saturated rings. The highest BCUT2D eigenvalue weighted by atomic mass is 16.5. The van der Waals surface area contributed by atoms with Crippen molar-refractivity contribution in [3.05, 3.63) is 65.2 Å². The number of rotatable bonds is 3. The molecule has 2 aromatic rings. The standard InChI is InChI=1S/C22H26N2O3/c1-23(2)14-18-15-27-20-10-6-4-8-17(20)13-24(18)22(25)21-19-9-5-3-7-16(19)11-12-26-21/h3-10,18,21H,11-15H2,1-2H3/t18-,21+/m0/s1. The Morgan fingerprint density at radius 1 is 1.11 bits per heavy atom. The van der Waals surface area contributed by atoms with Crippen molar-refractivity contribution >= 4 is 5.91 Å². The number of carbonyl (C=O) groups is 1. The first-order valence-corrected chi connectivity index (χ1v) is 9.49. The zero-order chi connectivity index (χ0) is 18.8. The molecule has 5 nitrogen and oxygen atoms in total. The molecule has 0 aromatic heterocycles. The summed E-state index contributed by atoms with van der Waals surface area (Å²) >= 11 is 0. The van der Waals surface area contributed by atoms with E-state index < -0.39 is 6.10 Å². The maximum absolute atomic E-state index is 13.6. The van der Waals surface area contributed by atoms with Crippen molar-refractivity contribution in [1.82, 2.24) is 9.80 Å². The van der Waals surface area contributed by atoms with E-state index >= 15 is 0 Å². The summed E-state index contributed by atoms with van der Waals surface area (Å²) < 4.78 is 12.0. The Morgan fingerprint density at radius 2 is 1.85 bits per heavy atom. The summed E-state index contributed by atoms with van der Waals surface area (Å²) in [5.74, 6) is 0.885. The Kier molecular flexibility index (Phi) is 5.14. The van der Waals surface area contributed by atoms with E-state index in [9.17, 15) is 4.79 Å². The molecular weight excluding hydrogens is 340 g/mol. The summed E-state index contributed by atoms with van der Waals surface area (Å²) in [6.07, 6.45) is 0.317. The van der Waals surface area contributed by atoms with Crippen molar-refractivity contribution in [2.45, 2.75) is 25.1 Å². The molecule has 0 bridgehead atoms. The molecule has 0 saturated heterocycles. The molecule has 1 amide bonds. The highest BCUT2D eigenvalue weighted by Crippen LogP contribution is 2.32. The smallest absolute Gasteiger partial charge is 0.257 e. The van der Waals surface area contributed by atoms with Crippen LogP contribution in [0.25, 0.3) is 0 Å². The highest BCUT2D eigenvalue weighted by Gasteiger charge is 2.36. The number of hydrogen-bond acceptors (Lipinski definition) is 4. The van der Waals surface area contributed by atoms with Gasteiger partial charge in [-0.2, -0.15) is 0 Å². The van der Waals surface area contributed by atoms with E-state index in [1.54, 1.807) is 0 Å². The summed E-state index contributed by atoms with van der Waals surface area (Å²) in [6, 6.07) is 16.0. The molecule has 0 unspecified atom stereocenters. The van der Waals surface area contributed by atoms with E-state index in [1.165, 1.54) is 5.56 Å². The number of ether oxygens (including phenoxy) is 2. The first kappa shape index (κ1) is 18.0. The lowest BCUT2D eigenvalue weighted by Crippen LogP contribution is -2.49. The third-order valence-corrected chi connectivity index (χ3v) is 5.26. The Labute approximate surface area is 160 Å². The molecule has 2 atom stereocenters. The van der Waals surface area contributed by atoms with Gasteiger partial charge in [-0.25, -0.2) is 0 Å². The van der Waals surface area contributed by atoms with Gasteiger partial charge in [0.25, 0.3) is 5.91 Å². The van der Waals surface area contributed by atoms with Gasteiger partial charge in [0.05, 0.1) is 12.6 Å².